The van der Waals surface area contributed by atoms with Gasteiger partial charge in [-0.05, 0) is 13.8 Å². The number of nitrogens with zero attached hydrogens (tertiary/aromatic N) is 1. The number of halogens is 1. The molecular weight excluding hydrogens is 208 g/mol. The smallest absolute Gasteiger partial charge is 0.263 e. The molecule has 0 aliphatic rings. The van der Waals surface area contributed by atoms with E-state index in [9.17, 15) is 4.79 Å². The van der Waals surface area contributed by atoms with Crippen molar-refractivity contribution < 1.29 is 4.79 Å². The Morgan fingerprint density at radius 1 is 1.85 bits per heavy atom. The molecule has 0 saturated carbocycles. The molecule has 1 rings (SSSR count). The van der Waals surface area contributed by atoms with E-state index in [0.717, 1.165) is 5.69 Å². The molecule has 1 aromatic heterocycles. The molecule has 13 heavy (non-hydrogen) atoms. The number of amides is 1. The fourth-order valence-electron chi connectivity index (χ4n) is 0.833. The molecular formula is C8H11ClN2OS. The highest BCUT2D eigenvalue weighted by molar-refractivity contribution is 7.11. The van der Waals surface area contributed by atoms with E-state index in [2.05, 4.69) is 10.3 Å². The summed E-state index contributed by atoms with van der Waals surface area (Å²) >= 11 is 7.04. The van der Waals surface area contributed by atoms with Gasteiger partial charge in [-0.1, -0.05) is 0 Å². The van der Waals surface area contributed by atoms with Crippen LogP contribution < -0.4 is 5.32 Å². The predicted molar refractivity (Wildman–Crippen MR) is 54.5 cm³/mol. The van der Waals surface area contributed by atoms with Crippen LogP contribution >= 0.6 is 22.9 Å². The molecule has 0 spiro atoms. The van der Waals surface area contributed by atoms with Crippen molar-refractivity contribution in [1.82, 2.24) is 10.3 Å². The van der Waals surface area contributed by atoms with Crippen molar-refractivity contribution in [3.8, 4) is 0 Å². The Hall–Kier alpha value is -0.610. The second-order valence-corrected chi connectivity index (χ2v) is 4.36. The summed E-state index contributed by atoms with van der Waals surface area (Å²) in [6.45, 7) is 4.13. The molecule has 1 unspecified atom stereocenters. The van der Waals surface area contributed by atoms with Crippen LogP contribution in [-0.4, -0.2) is 22.8 Å². The summed E-state index contributed by atoms with van der Waals surface area (Å²) in [5.41, 5.74) is 2.43. The first-order valence-electron chi connectivity index (χ1n) is 3.93. The Morgan fingerprint density at radius 2 is 2.54 bits per heavy atom. The second kappa shape index (κ2) is 4.58. The first-order chi connectivity index (χ1) is 6.11. The van der Waals surface area contributed by atoms with Gasteiger partial charge in [0.05, 0.1) is 11.2 Å². The van der Waals surface area contributed by atoms with Crippen LogP contribution in [0, 0.1) is 6.92 Å². The maximum Gasteiger partial charge on any atom is 0.263 e. The number of hydrogen-bond donors (Lipinski definition) is 1. The van der Waals surface area contributed by atoms with Crippen molar-refractivity contribution in [1.29, 1.82) is 0 Å². The summed E-state index contributed by atoms with van der Waals surface area (Å²) in [7, 11) is 0. The van der Waals surface area contributed by atoms with Crippen LogP contribution in [-0.2, 0) is 0 Å². The Kier molecular flexibility index (Phi) is 3.69. The van der Waals surface area contributed by atoms with Crippen molar-refractivity contribution in [3.63, 3.8) is 0 Å². The standard InChI is InChI=1S/C8H11ClN2OS/c1-5(9)3-10-8(12)7-6(2)11-4-13-7/h4-5H,3H2,1-2H3,(H,10,12). The van der Waals surface area contributed by atoms with E-state index >= 15 is 0 Å². The largest absolute Gasteiger partial charge is 0.350 e. The van der Waals surface area contributed by atoms with Gasteiger partial charge in [0.2, 0.25) is 0 Å². The summed E-state index contributed by atoms with van der Waals surface area (Å²) in [4.78, 5) is 16.1. The normalized spacial score (nSPS) is 12.5. The number of carbonyl (C=O) groups excluding carboxylic acids is 1. The Labute approximate surface area is 86.1 Å². The van der Waals surface area contributed by atoms with Crippen LogP contribution in [0.2, 0.25) is 0 Å². The van der Waals surface area contributed by atoms with Gasteiger partial charge in [0, 0.05) is 11.9 Å². The number of aromatic nitrogens is 1. The summed E-state index contributed by atoms with van der Waals surface area (Å²) in [6, 6.07) is 0. The van der Waals surface area contributed by atoms with E-state index < -0.39 is 0 Å². The highest BCUT2D eigenvalue weighted by Gasteiger charge is 2.11. The molecule has 0 aromatic carbocycles. The van der Waals surface area contributed by atoms with E-state index in [1.807, 2.05) is 13.8 Å². The lowest BCUT2D eigenvalue weighted by Gasteiger charge is -2.04. The van der Waals surface area contributed by atoms with Crippen LogP contribution in [0.5, 0.6) is 0 Å². The molecule has 72 valence electrons. The Bertz CT molecular complexity index is 298. The highest BCUT2D eigenvalue weighted by Crippen LogP contribution is 2.11. The summed E-state index contributed by atoms with van der Waals surface area (Å²) in [5.74, 6) is -0.0903. The number of hydrogen-bond acceptors (Lipinski definition) is 3. The maximum atomic E-state index is 11.4. The van der Waals surface area contributed by atoms with Crippen molar-refractivity contribution in [2.24, 2.45) is 0 Å². The first kappa shape index (κ1) is 10.5. The van der Waals surface area contributed by atoms with Gasteiger partial charge in [-0.2, -0.15) is 0 Å². The number of nitrogens with one attached hydrogen (secondary N) is 1. The molecule has 1 N–H and O–H groups in total. The number of thiazole rings is 1. The van der Waals surface area contributed by atoms with Gasteiger partial charge >= 0.3 is 0 Å². The minimum atomic E-state index is -0.0903. The van der Waals surface area contributed by atoms with Crippen molar-refractivity contribution in [3.05, 3.63) is 16.1 Å². The topological polar surface area (TPSA) is 42.0 Å². The Balaban J connectivity index is 2.54. The van der Waals surface area contributed by atoms with E-state index in [4.69, 9.17) is 11.6 Å². The van der Waals surface area contributed by atoms with Crippen LogP contribution in [0.25, 0.3) is 0 Å². The van der Waals surface area contributed by atoms with Gasteiger partial charge in [-0.25, -0.2) is 4.98 Å². The third kappa shape index (κ3) is 2.97. The molecule has 3 nitrogen and oxygen atoms in total. The lowest BCUT2D eigenvalue weighted by molar-refractivity contribution is 0.0957. The van der Waals surface area contributed by atoms with Crippen molar-refractivity contribution in [2.45, 2.75) is 19.2 Å². The van der Waals surface area contributed by atoms with Crippen LogP contribution in [0.4, 0.5) is 0 Å². The van der Waals surface area contributed by atoms with Crippen LogP contribution in [0.15, 0.2) is 5.51 Å². The van der Waals surface area contributed by atoms with Gasteiger partial charge in [0.15, 0.2) is 0 Å². The van der Waals surface area contributed by atoms with Crippen LogP contribution in [0.1, 0.15) is 22.3 Å². The third-order valence-corrected chi connectivity index (χ3v) is 2.58. The Morgan fingerprint density at radius 3 is 3.00 bits per heavy atom. The van der Waals surface area contributed by atoms with E-state index in [1.165, 1.54) is 11.3 Å². The lowest BCUT2D eigenvalue weighted by atomic mass is 10.3. The zero-order valence-electron chi connectivity index (χ0n) is 7.50. The van der Waals surface area contributed by atoms with Crippen molar-refractivity contribution >= 4 is 28.8 Å². The fourth-order valence-corrected chi connectivity index (χ4v) is 1.63. The molecule has 0 saturated heterocycles. The molecule has 5 heteroatoms. The lowest BCUT2D eigenvalue weighted by Crippen LogP contribution is -2.28. The predicted octanol–water partition coefficient (Wildman–Crippen LogP) is 1.81. The molecule has 1 aromatic rings. The van der Waals surface area contributed by atoms with Crippen molar-refractivity contribution in [2.75, 3.05) is 6.54 Å². The fraction of sp³-hybridized carbons (Fsp3) is 0.500. The van der Waals surface area contributed by atoms with Gasteiger partial charge in [0.1, 0.15) is 4.88 Å². The van der Waals surface area contributed by atoms with E-state index in [1.54, 1.807) is 5.51 Å². The number of alkyl halides is 1. The summed E-state index contributed by atoms with van der Waals surface area (Å²) < 4.78 is 0. The van der Waals surface area contributed by atoms with Gasteiger partial charge in [-0.3, -0.25) is 4.79 Å². The minimum Gasteiger partial charge on any atom is -0.350 e. The summed E-state index contributed by atoms with van der Waals surface area (Å²) in [5, 5.41) is 2.68. The molecule has 0 bridgehead atoms. The second-order valence-electron chi connectivity index (χ2n) is 2.76. The van der Waals surface area contributed by atoms with E-state index in [-0.39, 0.29) is 11.3 Å². The number of carbonyl (C=O) groups is 1. The molecule has 0 radical (unpaired) electrons. The van der Waals surface area contributed by atoms with Gasteiger partial charge in [-0.15, -0.1) is 22.9 Å². The third-order valence-electron chi connectivity index (χ3n) is 1.50. The average Bonchev–Trinajstić information content (AvgIpc) is 2.47. The zero-order chi connectivity index (χ0) is 9.84. The van der Waals surface area contributed by atoms with Crippen LogP contribution in [0.3, 0.4) is 0 Å². The molecule has 0 fully saturated rings. The number of rotatable bonds is 3. The molecule has 1 amide bonds. The highest BCUT2D eigenvalue weighted by atomic mass is 35.5. The number of aryl methyl sites for hydroxylation is 1. The SMILES string of the molecule is Cc1ncsc1C(=O)NCC(C)Cl. The minimum absolute atomic E-state index is 0.0443. The summed E-state index contributed by atoms with van der Waals surface area (Å²) in [6.07, 6.45) is 0. The molecule has 1 atom stereocenters. The molecule has 0 aliphatic carbocycles. The monoisotopic (exact) mass is 218 g/mol. The van der Waals surface area contributed by atoms with Gasteiger partial charge in [0.25, 0.3) is 5.91 Å². The zero-order valence-corrected chi connectivity index (χ0v) is 9.08. The van der Waals surface area contributed by atoms with Gasteiger partial charge < -0.3 is 5.32 Å². The quantitative estimate of drug-likeness (QED) is 0.787. The average molecular weight is 219 g/mol. The maximum absolute atomic E-state index is 11.4. The first-order valence-corrected chi connectivity index (χ1v) is 5.25. The molecule has 1 heterocycles. The van der Waals surface area contributed by atoms with E-state index in [0.29, 0.717) is 11.4 Å². The molecule has 0 aliphatic heterocycles.